The predicted molar refractivity (Wildman–Crippen MR) is 79.1 cm³/mol. The van der Waals surface area contributed by atoms with Crippen LogP contribution >= 0.6 is 0 Å². The lowest BCUT2D eigenvalue weighted by molar-refractivity contribution is -0.152. The van der Waals surface area contributed by atoms with E-state index in [1.807, 2.05) is 18.7 Å². The number of carbonyl (C=O) groups excluding carboxylic acids is 2. The topological polar surface area (TPSA) is 49.4 Å². The van der Waals surface area contributed by atoms with Gasteiger partial charge in [0.2, 0.25) is 11.8 Å². The van der Waals surface area contributed by atoms with Gasteiger partial charge in [-0.05, 0) is 30.6 Å². The fraction of sp³-hybridized carbons (Fsp3) is 0.875. The summed E-state index contributed by atoms with van der Waals surface area (Å²) in [7, 11) is 0. The Labute approximate surface area is 122 Å². The summed E-state index contributed by atoms with van der Waals surface area (Å²) in [5, 5.41) is 2.95. The molecule has 1 aliphatic heterocycles. The molecule has 2 amide bonds. The summed E-state index contributed by atoms with van der Waals surface area (Å²) >= 11 is 0. The van der Waals surface area contributed by atoms with Crippen molar-refractivity contribution < 1.29 is 9.59 Å². The van der Waals surface area contributed by atoms with Crippen LogP contribution in [0.25, 0.3) is 0 Å². The third-order valence-electron chi connectivity index (χ3n) is 4.80. The van der Waals surface area contributed by atoms with E-state index in [9.17, 15) is 9.59 Å². The second-order valence-corrected chi connectivity index (χ2v) is 6.69. The molecule has 2 rings (SSSR count). The highest BCUT2D eigenvalue weighted by Gasteiger charge is 2.48. The molecule has 1 N–H and O–H groups in total. The summed E-state index contributed by atoms with van der Waals surface area (Å²) in [5.74, 6) is 1.23. The van der Waals surface area contributed by atoms with Gasteiger partial charge in [-0.2, -0.15) is 0 Å². The van der Waals surface area contributed by atoms with Crippen LogP contribution in [0.15, 0.2) is 0 Å². The standard InChI is InChI=1S/C16H28N2O2/c1-5-11(6-2)9-18-14(12-7-8-12)15(19)17-13(10(3)4)16(18)20/h10-14H,5-9H2,1-4H3,(H,17,19). The van der Waals surface area contributed by atoms with Crippen molar-refractivity contribution in [2.45, 2.75) is 65.5 Å². The van der Waals surface area contributed by atoms with Crippen LogP contribution in [0.3, 0.4) is 0 Å². The second kappa shape index (κ2) is 6.15. The van der Waals surface area contributed by atoms with E-state index in [2.05, 4.69) is 19.2 Å². The van der Waals surface area contributed by atoms with E-state index < -0.39 is 0 Å². The van der Waals surface area contributed by atoms with Gasteiger partial charge < -0.3 is 10.2 Å². The molecule has 1 saturated heterocycles. The summed E-state index contributed by atoms with van der Waals surface area (Å²) in [5.41, 5.74) is 0. The SMILES string of the molecule is CCC(CC)CN1C(=O)C(C(C)C)NC(=O)C1C1CC1. The monoisotopic (exact) mass is 280 g/mol. The van der Waals surface area contributed by atoms with Gasteiger partial charge in [0, 0.05) is 6.54 Å². The molecule has 0 aromatic carbocycles. The zero-order valence-corrected chi connectivity index (χ0v) is 13.2. The number of piperazine rings is 1. The summed E-state index contributed by atoms with van der Waals surface area (Å²) in [6.45, 7) is 9.05. The van der Waals surface area contributed by atoms with Crippen LogP contribution in [0, 0.1) is 17.8 Å². The lowest BCUT2D eigenvalue weighted by atomic mass is 9.93. The van der Waals surface area contributed by atoms with Crippen molar-refractivity contribution in [2.75, 3.05) is 6.54 Å². The molecule has 0 spiro atoms. The van der Waals surface area contributed by atoms with Crippen molar-refractivity contribution in [2.24, 2.45) is 17.8 Å². The van der Waals surface area contributed by atoms with Crippen LogP contribution in [0.2, 0.25) is 0 Å². The molecule has 2 atom stereocenters. The number of amides is 2. The second-order valence-electron chi connectivity index (χ2n) is 6.69. The van der Waals surface area contributed by atoms with Crippen LogP contribution in [0.5, 0.6) is 0 Å². The smallest absolute Gasteiger partial charge is 0.246 e. The molecule has 4 nitrogen and oxygen atoms in total. The summed E-state index contributed by atoms with van der Waals surface area (Å²) < 4.78 is 0. The van der Waals surface area contributed by atoms with E-state index in [0.29, 0.717) is 11.8 Å². The van der Waals surface area contributed by atoms with Gasteiger partial charge in [-0.15, -0.1) is 0 Å². The number of nitrogens with zero attached hydrogens (tertiary/aromatic N) is 1. The Morgan fingerprint density at radius 2 is 1.80 bits per heavy atom. The third-order valence-corrected chi connectivity index (χ3v) is 4.80. The minimum atomic E-state index is -0.341. The van der Waals surface area contributed by atoms with Crippen LogP contribution < -0.4 is 5.32 Å². The zero-order chi connectivity index (χ0) is 14.9. The Kier molecular flexibility index (Phi) is 4.71. The highest BCUT2D eigenvalue weighted by atomic mass is 16.2. The van der Waals surface area contributed by atoms with Crippen molar-refractivity contribution in [3.63, 3.8) is 0 Å². The number of nitrogens with one attached hydrogen (secondary N) is 1. The van der Waals surface area contributed by atoms with E-state index in [0.717, 1.165) is 32.2 Å². The first-order valence-corrected chi connectivity index (χ1v) is 8.10. The first-order chi connectivity index (χ1) is 9.49. The summed E-state index contributed by atoms with van der Waals surface area (Å²) in [6.07, 6.45) is 4.28. The average molecular weight is 280 g/mol. The van der Waals surface area contributed by atoms with Gasteiger partial charge in [0.25, 0.3) is 0 Å². The Morgan fingerprint density at radius 1 is 1.20 bits per heavy atom. The highest BCUT2D eigenvalue weighted by Crippen LogP contribution is 2.38. The van der Waals surface area contributed by atoms with Crippen LogP contribution in [0.1, 0.15) is 53.4 Å². The molecule has 2 fully saturated rings. The highest BCUT2D eigenvalue weighted by molar-refractivity contribution is 5.97. The van der Waals surface area contributed by atoms with Gasteiger partial charge in [0.05, 0.1) is 0 Å². The van der Waals surface area contributed by atoms with Crippen molar-refractivity contribution >= 4 is 11.8 Å². The van der Waals surface area contributed by atoms with Gasteiger partial charge in [0.1, 0.15) is 12.1 Å². The third kappa shape index (κ3) is 2.99. The summed E-state index contributed by atoms with van der Waals surface area (Å²) in [6, 6.07) is -0.551. The van der Waals surface area contributed by atoms with Crippen molar-refractivity contribution in [3.8, 4) is 0 Å². The van der Waals surface area contributed by atoms with Gasteiger partial charge >= 0.3 is 0 Å². The molecule has 1 saturated carbocycles. The van der Waals surface area contributed by atoms with E-state index in [-0.39, 0.29) is 29.8 Å². The Balaban J connectivity index is 2.19. The normalized spacial score (nSPS) is 27.4. The Morgan fingerprint density at radius 3 is 2.25 bits per heavy atom. The largest absolute Gasteiger partial charge is 0.342 e. The maximum Gasteiger partial charge on any atom is 0.246 e. The van der Waals surface area contributed by atoms with Crippen molar-refractivity contribution in [3.05, 3.63) is 0 Å². The number of hydrogen-bond acceptors (Lipinski definition) is 2. The number of carbonyl (C=O) groups is 2. The lowest BCUT2D eigenvalue weighted by Gasteiger charge is -2.42. The van der Waals surface area contributed by atoms with Gasteiger partial charge in [-0.25, -0.2) is 0 Å². The minimum absolute atomic E-state index is 0.0664. The molecule has 20 heavy (non-hydrogen) atoms. The zero-order valence-electron chi connectivity index (χ0n) is 13.2. The summed E-state index contributed by atoms with van der Waals surface area (Å²) in [4.78, 5) is 27.0. The first kappa shape index (κ1) is 15.3. The molecule has 0 aromatic rings. The number of hydrogen-bond donors (Lipinski definition) is 1. The van der Waals surface area contributed by atoms with Crippen LogP contribution in [0.4, 0.5) is 0 Å². The number of rotatable bonds is 6. The molecule has 114 valence electrons. The van der Waals surface area contributed by atoms with Crippen molar-refractivity contribution in [1.29, 1.82) is 0 Å². The van der Waals surface area contributed by atoms with Gasteiger partial charge in [-0.1, -0.05) is 40.5 Å². The Hall–Kier alpha value is -1.06. The molecule has 0 aromatic heterocycles. The predicted octanol–water partition coefficient (Wildman–Crippen LogP) is 2.18. The van der Waals surface area contributed by atoms with Crippen LogP contribution in [-0.4, -0.2) is 35.3 Å². The molecule has 2 unspecified atom stereocenters. The van der Waals surface area contributed by atoms with Crippen LogP contribution in [-0.2, 0) is 9.59 Å². The molecule has 4 heteroatoms. The molecule has 0 bridgehead atoms. The quantitative estimate of drug-likeness (QED) is 0.811. The molecule has 1 heterocycles. The first-order valence-electron chi connectivity index (χ1n) is 8.10. The molecular weight excluding hydrogens is 252 g/mol. The fourth-order valence-electron chi connectivity index (χ4n) is 3.12. The fourth-order valence-corrected chi connectivity index (χ4v) is 3.12. The molecule has 2 aliphatic rings. The van der Waals surface area contributed by atoms with Gasteiger partial charge in [-0.3, -0.25) is 9.59 Å². The maximum absolute atomic E-state index is 12.7. The molecular formula is C16H28N2O2. The van der Waals surface area contributed by atoms with E-state index in [4.69, 9.17) is 0 Å². The maximum atomic E-state index is 12.7. The molecule has 1 aliphatic carbocycles. The van der Waals surface area contributed by atoms with E-state index in [1.54, 1.807) is 0 Å². The van der Waals surface area contributed by atoms with E-state index in [1.165, 1.54) is 0 Å². The van der Waals surface area contributed by atoms with Gasteiger partial charge in [0.15, 0.2) is 0 Å². The lowest BCUT2D eigenvalue weighted by Crippen LogP contribution is -2.66. The Bertz CT molecular complexity index is 373. The molecule has 0 radical (unpaired) electrons. The average Bonchev–Trinajstić information content (AvgIpc) is 3.23. The van der Waals surface area contributed by atoms with E-state index >= 15 is 0 Å². The van der Waals surface area contributed by atoms with Crippen molar-refractivity contribution in [1.82, 2.24) is 10.2 Å². The minimum Gasteiger partial charge on any atom is -0.342 e.